The van der Waals surface area contributed by atoms with Crippen molar-refractivity contribution in [3.63, 3.8) is 0 Å². The summed E-state index contributed by atoms with van der Waals surface area (Å²) in [6.07, 6.45) is 1.31. The Morgan fingerprint density at radius 1 is 1.40 bits per heavy atom. The number of rotatable bonds is 7. The third-order valence-electron chi connectivity index (χ3n) is 3.07. The summed E-state index contributed by atoms with van der Waals surface area (Å²) < 4.78 is 5.51. The van der Waals surface area contributed by atoms with Crippen LogP contribution in [-0.4, -0.2) is 46.2 Å². The van der Waals surface area contributed by atoms with E-state index in [9.17, 15) is 4.79 Å². The molecule has 6 heteroatoms. The van der Waals surface area contributed by atoms with Crippen LogP contribution < -0.4 is 10.5 Å². The van der Waals surface area contributed by atoms with Crippen LogP contribution in [0.4, 0.5) is 5.69 Å². The highest BCUT2D eigenvalue weighted by Crippen LogP contribution is 2.16. The summed E-state index contributed by atoms with van der Waals surface area (Å²) in [6.45, 7) is 9.72. The van der Waals surface area contributed by atoms with Gasteiger partial charge in [0, 0.05) is 24.7 Å². The van der Waals surface area contributed by atoms with Crippen molar-refractivity contribution in [1.29, 1.82) is 0 Å². The average Bonchev–Trinajstić information content (AvgIpc) is 2.35. The van der Waals surface area contributed by atoms with Gasteiger partial charge in [-0.2, -0.15) is 0 Å². The van der Waals surface area contributed by atoms with Gasteiger partial charge < -0.3 is 15.6 Å². The van der Waals surface area contributed by atoms with Crippen molar-refractivity contribution in [2.45, 2.75) is 39.8 Å². The highest BCUT2D eigenvalue weighted by molar-refractivity contribution is 5.93. The molecule has 3 N–H and O–H groups in total. The van der Waals surface area contributed by atoms with E-state index in [0.717, 1.165) is 6.54 Å². The van der Waals surface area contributed by atoms with E-state index >= 15 is 0 Å². The molecule has 112 valence electrons. The van der Waals surface area contributed by atoms with Gasteiger partial charge in [0.1, 0.15) is 6.61 Å². The molecule has 0 aromatic carbocycles. The second-order valence-corrected chi connectivity index (χ2v) is 5.19. The standard InChI is InChI=1S/C14H23N3O3/c1-9(2)17(10(3)4)5-6-20-13-7-11(14(18)19)12(15)8-16-13/h7-10H,5-6,15H2,1-4H3,(H,18,19). The predicted octanol–water partition coefficient (Wildman–Crippen LogP) is 1.86. The largest absolute Gasteiger partial charge is 0.478 e. The molecule has 0 aliphatic carbocycles. The van der Waals surface area contributed by atoms with Crippen LogP contribution in [0.2, 0.25) is 0 Å². The molecule has 0 bridgehead atoms. The number of aromatic nitrogens is 1. The predicted molar refractivity (Wildman–Crippen MR) is 78.1 cm³/mol. The van der Waals surface area contributed by atoms with Crippen LogP contribution >= 0.6 is 0 Å². The second kappa shape index (κ2) is 7.09. The quantitative estimate of drug-likeness (QED) is 0.793. The third-order valence-corrected chi connectivity index (χ3v) is 3.07. The van der Waals surface area contributed by atoms with Gasteiger partial charge in [-0.15, -0.1) is 0 Å². The lowest BCUT2D eigenvalue weighted by Crippen LogP contribution is -2.39. The van der Waals surface area contributed by atoms with Gasteiger partial charge in [0.05, 0.1) is 17.4 Å². The number of ether oxygens (including phenoxy) is 1. The Labute approximate surface area is 119 Å². The van der Waals surface area contributed by atoms with Gasteiger partial charge in [0.15, 0.2) is 0 Å². The lowest BCUT2D eigenvalue weighted by Gasteiger charge is -2.30. The molecule has 0 spiro atoms. The molecule has 0 saturated heterocycles. The minimum Gasteiger partial charge on any atom is -0.478 e. The Balaban J connectivity index is 2.62. The first-order valence-electron chi connectivity index (χ1n) is 6.70. The number of hydrogen-bond donors (Lipinski definition) is 2. The molecular weight excluding hydrogens is 258 g/mol. The van der Waals surface area contributed by atoms with Crippen LogP contribution in [0.5, 0.6) is 5.88 Å². The van der Waals surface area contributed by atoms with Crippen LogP contribution in [0.1, 0.15) is 38.1 Å². The smallest absolute Gasteiger partial charge is 0.338 e. The van der Waals surface area contributed by atoms with Crippen LogP contribution in [0.3, 0.4) is 0 Å². The maximum absolute atomic E-state index is 11.0. The van der Waals surface area contributed by atoms with Crippen molar-refractivity contribution < 1.29 is 14.6 Å². The van der Waals surface area contributed by atoms with E-state index in [2.05, 4.69) is 37.6 Å². The van der Waals surface area contributed by atoms with Crippen LogP contribution in [0.15, 0.2) is 12.3 Å². The summed E-state index contributed by atoms with van der Waals surface area (Å²) in [5.41, 5.74) is 5.69. The number of hydrogen-bond acceptors (Lipinski definition) is 5. The number of carboxylic acids is 1. The number of carbonyl (C=O) groups is 1. The highest BCUT2D eigenvalue weighted by Gasteiger charge is 2.14. The highest BCUT2D eigenvalue weighted by atomic mass is 16.5. The van der Waals surface area contributed by atoms with E-state index in [1.165, 1.54) is 12.3 Å². The van der Waals surface area contributed by atoms with Gasteiger partial charge in [0.2, 0.25) is 5.88 Å². The van der Waals surface area contributed by atoms with Crippen molar-refractivity contribution in [3.8, 4) is 5.88 Å². The molecule has 1 aromatic rings. The number of aromatic carboxylic acids is 1. The summed E-state index contributed by atoms with van der Waals surface area (Å²) >= 11 is 0. The Hall–Kier alpha value is -1.82. The van der Waals surface area contributed by atoms with Crippen LogP contribution in [0, 0.1) is 0 Å². The molecule has 0 radical (unpaired) electrons. The maximum atomic E-state index is 11.0. The fourth-order valence-corrected chi connectivity index (χ4v) is 2.08. The first-order valence-corrected chi connectivity index (χ1v) is 6.70. The van der Waals surface area contributed by atoms with Crippen molar-refractivity contribution in [2.75, 3.05) is 18.9 Å². The maximum Gasteiger partial charge on any atom is 0.338 e. The zero-order valence-corrected chi connectivity index (χ0v) is 12.5. The number of pyridine rings is 1. The summed E-state index contributed by atoms with van der Waals surface area (Å²) in [5, 5.41) is 8.98. The molecule has 20 heavy (non-hydrogen) atoms. The molecule has 0 aliphatic rings. The summed E-state index contributed by atoms with van der Waals surface area (Å²) in [4.78, 5) is 17.2. The number of nitrogens with two attached hydrogens (primary N) is 1. The number of anilines is 1. The fraction of sp³-hybridized carbons (Fsp3) is 0.571. The molecule has 0 unspecified atom stereocenters. The second-order valence-electron chi connectivity index (χ2n) is 5.19. The monoisotopic (exact) mass is 281 g/mol. The summed E-state index contributed by atoms with van der Waals surface area (Å²) in [6, 6.07) is 2.20. The molecule has 0 aliphatic heterocycles. The molecule has 0 saturated carbocycles. The number of nitrogens with zero attached hydrogens (tertiary/aromatic N) is 2. The van der Waals surface area contributed by atoms with Crippen molar-refractivity contribution in [2.24, 2.45) is 0 Å². The van der Waals surface area contributed by atoms with Crippen molar-refractivity contribution in [1.82, 2.24) is 9.88 Å². The van der Waals surface area contributed by atoms with Gasteiger partial charge in [-0.1, -0.05) is 0 Å². The van der Waals surface area contributed by atoms with E-state index in [1.54, 1.807) is 0 Å². The molecule has 1 aromatic heterocycles. The first-order chi connectivity index (χ1) is 9.32. The minimum atomic E-state index is -1.08. The lowest BCUT2D eigenvalue weighted by molar-refractivity contribution is 0.0697. The minimum absolute atomic E-state index is 0.0135. The van der Waals surface area contributed by atoms with Crippen LogP contribution in [0.25, 0.3) is 0 Å². The normalized spacial score (nSPS) is 11.3. The van der Waals surface area contributed by atoms with Gasteiger partial charge >= 0.3 is 5.97 Å². The Kier molecular flexibility index (Phi) is 5.76. The summed E-state index contributed by atoms with van der Waals surface area (Å²) in [7, 11) is 0. The van der Waals surface area contributed by atoms with Crippen molar-refractivity contribution >= 4 is 11.7 Å². The Morgan fingerprint density at radius 2 is 2.00 bits per heavy atom. The zero-order chi connectivity index (χ0) is 15.3. The molecule has 6 nitrogen and oxygen atoms in total. The Morgan fingerprint density at radius 3 is 2.50 bits per heavy atom. The van der Waals surface area contributed by atoms with Crippen molar-refractivity contribution in [3.05, 3.63) is 17.8 Å². The number of nitrogen functional groups attached to an aromatic ring is 1. The van der Waals surface area contributed by atoms with Gasteiger partial charge in [0.25, 0.3) is 0 Å². The SMILES string of the molecule is CC(C)N(CCOc1cc(C(=O)O)c(N)cn1)C(C)C. The van der Waals surface area contributed by atoms with E-state index in [-0.39, 0.29) is 17.1 Å². The topological polar surface area (TPSA) is 88.7 Å². The van der Waals surface area contributed by atoms with Crippen LogP contribution in [-0.2, 0) is 0 Å². The van der Waals surface area contributed by atoms with E-state index in [0.29, 0.717) is 18.7 Å². The average molecular weight is 281 g/mol. The molecule has 1 rings (SSSR count). The van der Waals surface area contributed by atoms with E-state index < -0.39 is 5.97 Å². The fourth-order valence-electron chi connectivity index (χ4n) is 2.08. The first kappa shape index (κ1) is 16.2. The Bertz CT molecular complexity index is 453. The molecular formula is C14H23N3O3. The lowest BCUT2D eigenvalue weighted by atomic mass is 10.2. The van der Waals surface area contributed by atoms with Gasteiger partial charge in [-0.05, 0) is 27.7 Å². The van der Waals surface area contributed by atoms with E-state index in [4.69, 9.17) is 15.6 Å². The zero-order valence-electron chi connectivity index (χ0n) is 12.5. The van der Waals surface area contributed by atoms with Gasteiger partial charge in [-0.3, -0.25) is 4.90 Å². The number of carboxylic acid groups (broad SMARTS) is 1. The molecule has 0 fully saturated rings. The molecule has 0 amide bonds. The molecule has 1 heterocycles. The third kappa shape index (κ3) is 4.38. The molecule has 0 atom stereocenters. The van der Waals surface area contributed by atoms with E-state index in [1.807, 2.05) is 0 Å². The summed E-state index contributed by atoms with van der Waals surface area (Å²) in [5.74, 6) is -0.801. The van der Waals surface area contributed by atoms with Gasteiger partial charge in [-0.25, -0.2) is 9.78 Å².